The molecule has 0 N–H and O–H groups in total. The Hall–Kier alpha value is -1.40. The van der Waals surface area contributed by atoms with E-state index in [0.29, 0.717) is 18.7 Å². The van der Waals surface area contributed by atoms with Crippen molar-refractivity contribution in [2.24, 2.45) is 0 Å². The fourth-order valence-electron chi connectivity index (χ4n) is 2.33. The number of carbonyl (C=O) groups excluding carboxylic acids is 1. The van der Waals surface area contributed by atoms with Gasteiger partial charge in [0.05, 0.1) is 31.9 Å². The van der Waals surface area contributed by atoms with Crippen LogP contribution in [-0.4, -0.2) is 49.8 Å². The van der Waals surface area contributed by atoms with E-state index in [0.717, 1.165) is 18.7 Å². The molecule has 19 heavy (non-hydrogen) atoms. The topological polar surface area (TPSA) is 64.8 Å². The molecule has 1 aliphatic heterocycles. The van der Waals surface area contributed by atoms with Gasteiger partial charge < -0.3 is 13.9 Å². The van der Waals surface area contributed by atoms with E-state index < -0.39 is 0 Å². The summed E-state index contributed by atoms with van der Waals surface area (Å²) in [6.45, 7) is 0.876. The zero-order valence-electron chi connectivity index (χ0n) is 11.6. The maximum atomic E-state index is 11.1. The van der Waals surface area contributed by atoms with Gasteiger partial charge in [0, 0.05) is 20.1 Å². The van der Waals surface area contributed by atoms with Gasteiger partial charge in [0.1, 0.15) is 5.76 Å². The highest BCUT2D eigenvalue weighted by molar-refractivity contribution is 5.69. The number of hydrogen-bond acceptors (Lipinski definition) is 6. The van der Waals surface area contributed by atoms with E-state index in [9.17, 15) is 4.79 Å². The minimum atomic E-state index is -0.240. The number of rotatable bonds is 5. The van der Waals surface area contributed by atoms with Gasteiger partial charge in [-0.1, -0.05) is 0 Å². The second-order valence-corrected chi connectivity index (χ2v) is 4.79. The molecule has 1 saturated heterocycles. The third kappa shape index (κ3) is 3.33. The molecule has 0 aliphatic carbocycles. The van der Waals surface area contributed by atoms with Gasteiger partial charge in [-0.25, -0.2) is 4.98 Å². The van der Waals surface area contributed by atoms with Crippen molar-refractivity contribution >= 4 is 5.97 Å². The Morgan fingerprint density at radius 1 is 1.58 bits per heavy atom. The summed E-state index contributed by atoms with van der Waals surface area (Å²) in [7, 11) is 5.13. The fourth-order valence-corrected chi connectivity index (χ4v) is 2.33. The van der Waals surface area contributed by atoms with Gasteiger partial charge in [0.25, 0.3) is 0 Å². The Morgan fingerprint density at radius 3 is 3.00 bits per heavy atom. The van der Waals surface area contributed by atoms with Crippen molar-refractivity contribution in [3.05, 3.63) is 17.8 Å². The quantitative estimate of drug-likeness (QED) is 0.747. The van der Waals surface area contributed by atoms with Crippen LogP contribution < -0.4 is 0 Å². The molecule has 1 aromatic rings. The van der Waals surface area contributed by atoms with E-state index in [1.165, 1.54) is 7.11 Å². The molecule has 0 aromatic carbocycles. The zero-order chi connectivity index (χ0) is 13.8. The van der Waals surface area contributed by atoms with Crippen molar-refractivity contribution in [2.75, 3.05) is 27.8 Å². The molecule has 1 aliphatic rings. The first-order chi connectivity index (χ1) is 9.13. The lowest BCUT2D eigenvalue weighted by Gasteiger charge is -2.14. The van der Waals surface area contributed by atoms with Crippen molar-refractivity contribution in [3.63, 3.8) is 0 Å². The number of ether oxygens (including phenoxy) is 2. The number of aromatic nitrogens is 1. The first-order valence-electron chi connectivity index (χ1n) is 6.38. The fraction of sp³-hybridized carbons (Fsp3) is 0.692. The molecular formula is C13H20N2O4. The lowest BCUT2D eigenvalue weighted by molar-refractivity contribution is -0.140. The smallest absolute Gasteiger partial charge is 0.305 e. The highest BCUT2D eigenvalue weighted by atomic mass is 16.5. The van der Waals surface area contributed by atoms with Gasteiger partial charge in [0.2, 0.25) is 5.89 Å². The molecule has 2 atom stereocenters. The zero-order valence-corrected chi connectivity index (χ0v) is 11.6. The van der Waals surface area contributed by atoms with Crippen LogP contribution in [0.2, 0.25) is 0 Å². The van der Waals surface area contributed by atoms with Gasteiger partial charge in [-0.2, -0.15) is 0 Å². The Balaban J connectivity index is 1.95. The normalized spacial score (nSPS) is 23.7. The standard InChI is InChI=1S/C13H20N2O4/c1-15-8-10(17-2)6-11(15)13-14-7-9(19-13)4-5-12(16)18-3/h7,10-11H,4-6,8H2,1-3H3/t10-,11-/m0/s1. The lowest BCUT2D eigenvalue weighted by atomic mass is 10.2. The van der Waals surface area contributed by atoms with E-state index in [1.54, 1.807) is 13.3 Å². The van der Waals surface area contributed by atoms with Gasteiger partial charge in [0.15, 0.2) is 0 Å². The van der Waals surface area contributed by atoms with Crippen LogP contribution in [0.5, 0.6) is 0 Å². The van der Waals surface area contributed by atoms with E-state index in [4.69, 9.17) is 9.15 Å². The SMILES string of the molecule is COC(=O)CCc1cnc([C@@H]2C[C@H](OC)CN2C)o1. The molecular weight excluding hydrogens is 248 g/mol. The Kier molecular flexibility index (Phi) is 4.55. The van der Waals surface area contributed by atoms with Crippen LogP contribution in [0.15, 0.2) is 10.6 Å². The predicted molar refractivity (Wildman–Crippen MR) is 67.6 cm³/mol. The second-order valence-electron chi connectivity index (χ2n) is 4.79. The summed E-state index contributed by atoms with van der Waals surface area (Å²) in [4.78, 5) is 17.5. The largest absolute Gasteiger partial charge is 0.469 e. The Bertz CT molecular complexity index is 432. The minimum absolute atomic E-state index is 0.150. The maximum absolute atomic E-state index is 11.1. The Morgan fingerprint density at radius 2 is 2.37 bits per heavy atom. The van der Waals surface area contributed by atoms with E-state index in [2.05, 4.69) is 14.6 Å². The number of methoxy groups -OCH3 is 2. The molecule has 0 bridgehead atoms. The average molecular weight is 268 g/mol. The van der Waals surface area contributed by atoms with Gasteiger partial charge in [-0.15, -0.1) is 0 Å². The van der Waals surface area contributed by atoms with E-state index >= 15 is 0 Å². The monoisotopic (exact) mass is 268 g/mol. The molecule has 6 nitrogen and oxygen atoms in total. The van der Waals surface area contributed by atoms with Crippen molar-refractivity contribution < 1.29 is 18.7 Å². The number of likely N-dealkylation sites (tertiary alicyclic amines) is 1. The third-order valence-corrected chi connectivity index (χ3v) is 3.50. The number of aryl methyl sites for hydroxylation is 1. The molecule has 1 fully saturated rings. The van der Waals surface area contributed by atoms with E-state index in [1.807, 2.05) is 7.05 Å². The minimum Gasteiger partial charge on any atom is -0.469 e. The summed E-state index contributed by atoms with van der Waals surface area (Å²) < 4.78 is 15.7. The highest BCUT2D eigenvalue weighted by Gasteiger charge is 2.33. The predicted octanol–water partition coefficient (Wildman–Crippen LogP) is 1.17. The van der Waals surface area contributed by atoms with Crippen molar-refractivity contribution in [2.45, 2.75) is 31.4 Å². The van der Waals surface area contributed by atoms with Crippen molar-refractivity contribution in [1.82, 2.24) is 9.88 Å². The van der Waals surface area contributed by atoms with Crippen molar-refractivity contribution in [3.8, 4) is 0 Å². The molecule has 0 saturated carbocycles. The highest BCUT2D eigenvalue weighted by Crippen LogP contribution is 2.31. The molecule has 0 amide bonds. The molecule has 6 heteroatoms. The second kappa shape index (κ2) is 6.16. The number of oxazole rings is 1. The van der Waals surface area contributed by atoms with Gasteiger partial charge in [-0.3, -0.25) is 9.69 Å². The van der Waals surface area contributed by atoms with Crippen LogP contribution in [0.4, 0.5) is 0 Å². The van der Waals surface area contributed by atoms with E-state index in [-0.39, 0.29) is 18.1 Å². The molecule has 106 valence electrons. The van der Waals surface area contributed by atoms with Crippen LogP contribution in [0, 0.1) is 0 Å². The number of likely N-dealkylation sites (N-methyl/N-ethyl adjacent to an activating group) is 1. The van der Waals surface area contributed by atoms with Crippen LogP contribution in [0.25, 0.3) is 0 Å². The number of nitrogens with zero attached hydrogens (tertiary/aromatic N) is 2. The molecule has 0 unspecified atom stereocenters. The van der Waals surface area contributed by atoms with Gasteiger partial charge >= 0.3 is 5.97 Å². The molecule has 1 aromatic heterocycles. The van der Waals surface area contributed by atoms with Crippen LogP contribution in [0.1, 0.15) is 30.5 Å². The lowest BCUT2D eigenvalue weighted by Crippen LogP contribution is -2.20. The van der Waals surface area contributed by atoms with Crippen LogP contribution in [0.3, 0.4) is 0 Å². The molecule has 2 heterocycles. The molecule has 0 radical (unpaired) electrons. The number of esters is 1. The number of hydrogen-bond donors (Lipinski definition) is 0. The van der Waals surface area contributed by atoms with Crippen molar-refractivity contribution in [1.29, 1.82) is 0 Å². The summed E-state index contributed by atoms with van der Waals surface area (Å²) in [6, 6.07) is 0.150. The third-order valence-electron chi connectivity index (χ3n) is 3.50. The molecule has 0 spiro atoms. The van der Waals surface area contributed by atoms with Crippen LogP contribution in [-0.2, 0) is 20.7 Å². The summed E-state index contributed by atoms with van der Waals surface area (Å²) in [5, 5.41) is 0. The number of carbonyl (C=O) groups is 1. The summed E-state index contributed by atoms with van der Waals surface area (Å²) in [5.41, 5.74) is 0. The summed E-state index contributed by atoms with van der Waals surface area (Å²) in [5.74, 6) is 1.17. The Labute approximate surface area is 112 Å². The van der Waals surface area contributed by atoms with Crippen LogP contribution >= 0.6 is 0 Å². The average Bonchev–Trinajstić information content (AvgIpc) is 3.01. The summed E-state index contributed by atoms with van der Waals surface area (Å²) >= 11 is 0. The first-order valence-corrected chi connectivity index (χ1v) is 6.38. The van der Waals surface area contributed by atoms with Gasteiger partial charge in [-0.05, 0) is 13.5 Å². The maximum Gasteiger partial charge on any atom is 0.305 e. The first kappa shape index (κ1) is 14.0. The summed E-state index contributed by atoms with van der Waals surface area (Å²) in [6.07, 6.45) is 3.62. The molecule has 2 rings (SSSR count).